The van der Waals surface area contributed by atoms with Crippen LogP contribution in [0.15, 0.2) is 42.0 Å². The average molecular weight is 341 g/mol. The van der Waals surface area contributed by atoms with Crippen LogP contribution in [0.25, 0.3) is 10.8 Å². The molecule has 0 spiro atoms. The average Bonchev–Trinajstić information content (AvgIpc) is 3.12. The Kier molecular flexibility index (Phi) is 3.43. The normalized spacial score (nSPS) is 20.7. The summed E-state index contributed by atoms with van der Waals surface area (Å²) in [6.07, 6.45) is 4.16. The van der Waals surface area contributed by atoms with Crippen molar-refractivity contribution < 1.29 is 14.3 Å². The zero-order valence-corrected chi connectivity index (χ0v) is 14.3. The zero-order chi connectivity index (χ0) is 17.0. The monoisotopic (exact) mass is 340 g/mol. The molecule has 0 heterocycles. The van der Waals surface area contributed by atoms with E-state index in [2.05, 4.69) is 18.7 Å². The van der Waals surface area contributed by atoms with Gasteiger partial charge in [-0.15, -0.1) is 0 Å². The minimum atomic E-state index is -0.466. The Bertz CT molecular complexity index is 926. The summed E-state index contributed by atoms with van der Waals surface area (Å²) >= 11 is 6.41. The molecular formula is C20H17ClO3. The lowest BCUT2D eigenvalue weighted by molar-refractivity contribution is -0.128. The van der Waals surface area contributed by atoms with Crippen LogP contribution in [-0.4, -0.2) is 13.1 Å². The largest absolute Gasteiger partial charge is 0.496 e. The Labute approximate surface area is 145 Å². The van der Waals surface area contributed by atoms with Gasteiger partial charge in [0.05, 0.1) is 7.11 Å². The summed E-state index contributed by atoms with van der Waals surface area (Å²) in [6.45, 7) is 5.54. The summed E-state index contributed by atoms with van der Waals surface area (Å²) in [4.78, 5) is 11.9. The molecule has 0 amide bonds. The van der Waals surface area contributed by atoms with Crippen molar-refractivity contribution in [3.8, 4) is 11.5 Å². The van der Waals surface area contributed by atoms with E-state index in [0.717, 1.165) is 44.7 Å². The van der Waals surface area contributed by atoms with Crippen molar-refractivity contribution >= 4 is 28.3 Å². The molecule has 3 nitrogen and oxygen atoms in total. The summed E-state index contributed by atoms with van der Waals surface area (Å²) in [5.41, 5.74) is 3.20. The van der Waals surface area contributed by atoms with Crippen LogP contribution in [-0.2, 0) is 4.79 Å². The van der Waals surface area contributed by atoms with Gasteiger partial charge in [0.2, 0.25) is 0 Å². The molecule has 0 saturated heterocycles. The molecule has 2 aliphatic carbocycles. The smallest absolute Gasteiger partial charge is 0.335 e. The van der Waals surface area contributed by atoms with Gasteiger partial charge >= 0.3 is 5.97 Å². The molecule has 2 unspecified atom stereocenters. The molecule has 0 aliphatic heterocycles. The fraction of sp³-hybridized carbons (Fsp3) is 0.250. The number of carbonyl (C=O) groups is 1. The molecule has 122 valence electrons. The van der Waals surface area contributed by atoms with Crippen molar-refractivity contribution in [2.45, 2.75) is 25.2 Å². The van der Waals surface area contributed by atoms with Gasteiger partial charge in [-0.3, -0.25) is 0 Å². The van der Waals surface area contributed by atoms with Crippen LogP contribution >= 0.6 is 11.6 Å². The highest BCUT2D eigenvalue weighted by Gasteiger charge is 2.43. The van der Waals surface area contributed by atoms with Crippen molar-refractivity contribution in [3.05, 3.63) is 58.7 Å². The summed E-state index contributed by atoms with van der Waals surface area (Å²) < 4.78 is 11.4. The van der Waals surface area contributed by atoms with E-state index in [9.17, 15) is 4.79 Å². The first-order valence-electron chi connectivity index (χ1n) is 7.90. The lowest BCUT2D eigenvalue weighted by atomic mass is 9.90. The predicted molar refractivity (Wildman–Crippen MR) is 95.1 cm³/mol. The molecule has 2 atom stereocenters. The van der Waals surface area contributed by atoms with E-state index in [1.54, 1.807) is 7.11 Å². The number of esters is 1. The van der Waals surface area contributed by atoms with Crippen LogP contribution < -0.4 is 9.47 Å². The number of benzene rings is 2. The number of ether oxygens (including phenoxy) is 2. The number of methoxy groups -OCH3 is 1. The molecule has 2 aromatic rings. The summed E-state index contributed by atoms with van der Waals surface area (Å²) in [7, 11) is 1.68. The second kappa shape index (κ2) is 5.38. The molecule has 4 heteroatoms. The van der Waals surface area contributed by atoms with Gasteiger partial charge in [0.15, 0.2) is 0 Å². The molecule has 2 aliphatic rings. The van der Waals surface area contributed by atoms with Gasteiger partial charge in [0.25, 0.3) is 0 Å². The Morgan fingerprint density at radius 1 is 1.29 bits per heavy atom. The Morgan fingerprint density at radius 2 is 2.08 bits per heavy atom. The van der Waals surface area contributed by atoms with Crippen LogP contribution in [0.3, 0.4) is 0 Å². The third-order valence-electron chi connectivity index (χ3n) is 4.92. The molecule has 0 N–H and O–H groups in total. The number of aryl methyl sites for hydroxylation is 1. The number of allylic oxidation sites excluding steroid dienone is 2. The summed E-state index contributed by atoms with van der Waals surface area (Å²) in [5.74, 6) is 1.25. The highest BCUT2D eigenvalue weighted by atomic mass is 35.5. The van der Waals surface area contributed by atoms with Crippen molar-refractivity contribution in [1.29, 1.82) is 0 Å². The first-order valence-corrected chi connectivity index (χ1v) is 8.28. The molecule has 0 fully saturated rings. The number of rotatable bonds is 3. The van der Waals surface area contributed by atoms with E-state index in [1.807, 2.05) is 19.1 Å². The standard InChI is InChI=1S/C20H17ClO3/c1-4-16(22)24-20-12-6-5-10(2)7-13(12)19(23-3)17-11-8-14(18(17)20)15(21)9-11/h4-7,9,11,14H,1,8H2,2-3H3. The predicted octanol–water partition coefficient (Wildman–Crippen LogP) is 4.96. The second-order valence-electron chi connectivity index (χ2n) is 6.31. The Hall–Kier alpha value is -2.26. The van der Waals surface area contributed by atoms with Gasteiger partial charge in [0, 0.05) is 44.8 Å². The van der Waals surface area contributed by atoms with E-state index in [0.29, 0.717) is 5.75 Å². The van der Waals surface area contributed by atoms with Gasteiger partial charge in [-0.2, -0.15) is 0 Å². The topological polar surface area (TPSA) is 35.5 Å². The number of fused-ring (bicyclic) bond motifs is 6. The maximum absolute atomic E-state index is 11.9. The fourth-order valence-corrected chi connectivity index (χ4v) is 4.32. The molecule has 0 saturated carbocycles. The SMILES string of the molecule is C=CC(=O)Oc1c2c(c(OC)c3cc(C)ccc13)C1C=C(Cl)C2C1. The van der Waals surface area contributed by atoms with Crippen molar-refractivity contribution in [2.24, 2.45) is 0 Å². The number of hydrogen-bond donors (Lipinski definition) is 0. The minimum absolute atomic E-state index is 0.0684. The second-order valence-corrected chi connectivity index (χ2v) is 6.75. The minimum Gasteiger partial charge on any atom is -0.496 e. The first kappa shape index (κ1) is 15.3. The molecule has 2 aromatic carbocycles. The maximum atomic E-state index is 11.9. The zero-order valence-electron chi connectivity index (χ0n) is 13.6. The van der Waals surface area contributed by atoms with Gasteiger partial charge in [-0.25, -0.2) is 4.79 Å². The number of hydrogen-bond acceptors (Lipinski definition) is 3. The highest BCUT2D eigenvalue weighted by molar-refractivity contribution is 6.31. The van der Waals surface area contributed by atoms with Crippen LogP contribution in [0.4, 0.5) is 0 Å². The van der Waals surface area contributed by atoms with Crippen LogP contribution in [0.5, 0.6) is 11.5 Å². The maximum Gasteiger partial charge on any atom is 0.335 e. The lowest BCUT2D eigenvalue weighted by Gasteiger charge is -2.22. The van der Waals surface area contributed by atoms with Crippen molar-refractivity contribution in [3.63, 3.8) is 0 Å². The molecule has 0 aromatic heterocycles. The van der Waals surface area contributed by atoms with Gasteiger partial charge < -0.3 is 9.47 Å². The summed E-state index contributed by atoms with van der Waals surface area (Å²) in [6, 6.07) is 6.05. The van der Waals surface area contributed by atoms with E-state index < -0.39 is 5.97 Å². The molecule has 0 radical (unpaired) electrons. The number of halogens is 1. The molecule has 24 heavy (non-hydrogen) atoms. The van der Waals surface area contributed by atoms with Gasteiger partial charge in [-0.05, 0) is 19.4 Å². The molecule has 4 rings (SSSR count). The fourth-order valence-electron chi connectivity index (χ4n) is 3.96. The van der Waals surface area contributed by atoms with E-state index in [-0.39, 0.29) is 11.8 Å². The lowest BCUT2D eigenvalue weighted by Crippen LogP contribution is -2.10. The third kappa shape index (κ3) is 2.01. The Morgan fingerprint density at radius 3 is 2.79 bits per heavy atom. The molecule has 2 bridgehead atoms. The number of carbonyl (C=O) groups excluding carboxylic acids is 1. The molecular weight excluding hydrogens is 324 g/mol. The van der Waals surface area contributed by atoms with Gasteiger partial charge in [-0.1, -0.05) is 42.0 Å². The van der Waals surface area contributed by atoms with Gasteiger partial charge in [0.1, 0.15) is 11.5 Å². The third-order valence-corrected chi connectivity index (χ3v) is 5.31. The van der Waals surface area contributed by atoms with Crippen LogP contribution in [0.1, 0.15) is 34.9 Å². The van der Waals surface area contributed by atoms with E-state index in [1.165, 1.54) is 6.08 Å². The van der Waals surface area contributed by atoms with Crippen molar-refractivity contribution in [2.75, 3.05) is 7.11 Å². The van der Waals surface area contributed by atoms with E-state index >= 15 is 0 Å². The van der Waals surface area contributed by atoms with Crippen LogP contribution in [0.2, 0.25) is 0 Å². The van der Waals surface area contributed by atoms with Crippen LogP contribution in [0, 0.1) is 6.92 Å². The quantitative estimate of drug-likeness (QED) is 0.450. The van der Waals surface area contributed by atoms with E-state index in [4.69, 9.17) is 21.1 Å². The Balaban J connectivity index is 2.10. The summed E-state index contributed by atoms with van der Waals surface area (Å²) in [5, 5.41) is 2.64. The highest BCUT2D eigenvalue weighted by Crippen LogP contribution is 2.61. The van der Waals surface area contributed by atoms with Crippen molar-refractivity contribution in [1.82, 2.24) is 0 Å². The first-order chi connectivity index (χ1) is 11.5.